The van der Waals surface area contributed by atoms with Crippen molar-refractivity contribution >= 4 is 18.9 Å². The normalized spacial score (nSPS) is 16.2. The summed E-state index contributed by atoms with van der Waals surface area (Å²) in [4.78, 5) is 23.8. The van der Waals surface area contributed by atoms with Crippen LogP contribution in [0.25, 0.3) is 0 Å². The van der Waals surface area contributed by atoms with Gasteiger partial charge in [-0.2, -0.15) is 0 Å². The Hall–Kier alpha value is -2.12. The maximum atomic E-state index is 12.0. The molecule has 2 rings (SSSR count). The Morgan fingerprint density at radius 1 is 1.08 bits per heavy atom. The minimum absolute atomic E-state index is 0.284. The lowest BCUT2D eigenvalue weighted by Gasteiger charge is -2.21. The fourth-order valence-corrected chi connectivity index (χ4v) is 3.18. The molecule has 0 aliphatic heterocycles. The molecule has 26 heavy (non-hydrogen) atoms. The molecule has 1 saturated carbocycles. The van der Waals surface area contributed by atoms with E-state index in [9.17, 15) is 19.6 Å². The number of carbonyl (C=O) groups is 2. The maximum Gasteiger partial charge on any atom is 0.475 e. The number of hydrogen-bond donors (Lipinski definition) is 4. The van der Waals surface area contributed by atoms with Crippen LogP contribution >= 0.6 is 0 Å². The Balaban J connectivity index is 1.77. The molecule has 0 aromatic heterocycles. The van der Waals surface area contributed by atoms with Crippen LogP contribution in [-0.2, 0) is 16.0 Å². The van der Waals surface area contributed by atoms with E-state index in [1.165, 1.54) is 25.3 Å². The smallest absolute Gasteiger partial charge is 0.426 e. The van der Waals surface area contributed by atoms with Crippen LogP contribution in [-0.4, -0.2) is 41.5 Å². The fraction of sp³-hybridized carbons (Fsp3) is 0.474. The van der Waals surface area contributed by atoms with E-state index in [1.54, 1.807) is 0 Å². The largest absolute Gasteiger partial charge is 0.475 e. The van der Waals surface area contributed by atoms with Gasteiger partial charge < -0.3 is 20.7 Å². The highest BCUT2D eigenvalue weighted by atomic mass is 16.4. The van der Waals surface area contributed by atoms with E-state index in [4.69, 9.17) is 0 Å². The van der Waals surface area contributed by atoms with Gasteiger partial charge in [-0.25, -0.2) is 0 Å². The van der Waals surface area contributed by atoms with Gasteiger partial charge >= 0.3 is 7.12 Å². The monoisotopic (exact) mass is 358 g/mol. The molecule has 0 unspecified atom stereocenters. The lowest BCUT2D eigenvalue weighted by molar-refractivity contribution is -0.119. The number of hydrogen-bond acceptors (Lipinski definition) is 4. The second-order valence-corrected chi connectivity index (χ2v) is 6.80. The van der Waals surface area contributed by atoms with Gasteiger partial charge in [0.25, 0.3) is 0 Å². The summed E-state index contributed by atoms with van der Waals surface area (Å²) >= 11 is 0. The lowest BCUT2D eigenvalue weighted by atomic mass is 9.76. The molecular weight excluding hydrogens is 331 g/mol. The van der Waals surface area contributed by atoms with Crippen LogP contribution in [0.4, 0.5) is 0 Å². The summed E-state index contributed by atoms with van der Waals surface area (Å²) in [6.07, 6.45) is 8.56. The molecule has 6 nitrogen and oxygen atoms in total. The second-order valence-electron chi connectivity index (χ2n) is 6.80. The Labute approximate surface area is 154 Å². The summed E-state index contributed by atoms with van der Waals surface area (Å²) < 4.78 is 0. The summed E-state index contributed by atoms with van der Waals surface area (Å²) in [5.74, 6) is -1.17. The van der Waals surface area contributed by atoms with Crippen molar-refractivity contribution < 1.29 is 19.6 Å². The van der Waals surface area contributed by atoms with Gasteiger partial charge in [-0.1, -0.05) is 49.6 Å². The fourth-order valence-electron chi connectivity index (χ4n) is 3.18. The van der Waals surface area contributed by atoms with Gasteiger partial charge in [0.2, 0.25) is 11.8 Å². The Bertz CT molecular complexity index is 601. The van der Waals surface area contributed by atoms with Crippen molar-refractivity contribution in [2.75, 3.05) is 6.54 Å². The molecule has 0 radical (unpaired) electrons. The first-order chi connectivity index (χ1) is 12.5. The van der Waals surface area contributed by atoms with Gasteiger partial charge in [0.1, 0.15) is 0 Å². The molecule has 0 saturated heterocycles. The average molecular weight is 358 g/mol. The summed E-state index contributed by atoms with van der Waals surface area (Å²) in [5.41, 5.74) is 0.875. The third-order valence-corrected chi connectivity index (χ3v) is 4.66. The molecule has 0 bridgehead atoms. The summed E-state index contributed by atoms with van der Waals surface area (Å²) in [6.45, 7) is 0.636. The van der Waals surface area contributed by atoms with Crippen molar-refractivity contribution in [2.24, 2.45) is 5.92 Å². The molecule has 1 aromatic rings. The van der Waals surface area contributed by atoms with Crippen LogP contribution in [0.3, 0.4) is 0 Å². The Morgan fingerprint density at radius 3 is 2.38 bits per heavy atom. The summed E-state index contributed by atoms with van der Waals surface area (Å²) in [6, 6.07) is 9.23. The molecule has 1 aromatic carbocycles. The number of amides is 2. The van der Waals surface area contributed by atoms with E-state index in [2.05, 4.69) is 10.6 Å². The van der Waals surface area contributed by atoms with Crippen molar-refractivity contribution in [2.45, 2.75) is 44.5 Å². The lowest BCUT2D eigenvalue weighted by Crippen LogP contribution is -2.47. The van der Waals surface area contributed by atoms with E-state index in [0.717, 1.165) is 24.5 Å². The van der Waals surface area contributed by atoms with E-state index >= 15 is 0 Å². The average Bonchev–Trinajstić information content (AvgIpc) is 2.66. The van der Waals surface area contributed by atoms with Crippen LogP contribution in [0.2, 0.25) is 0 Å². The van der Waals surface area contributed by atoms with Crippen LogP contribution in [0.15, 0.2) is 42.5 Å². The SMILES string of the molecule is O=C(/C=C/C(=O)N[C@@H](Cc1ccccc1)B(O)O)NCC1CCCCC1. The molecule has 140 valence electrons. The zero-order chi connectivity index (χ0) is 18.8. The molecule has 7 heteroatoms. The quantitative estimate of drug-likeness (QED) is 0.411. The minimum Gasteiger partial charge on any atom is -0.426 e. The topological polar surface area (TPSA) is 98.7 Å². The molecule has 0 heterocycles. The highest BCUT2D eigenvalue weighted by Gasteiger charge is 2.24. The van der Waals surface area contributed by atoms with Crippen molar-refractivity contribution in [3.8, 4) is 0 Å². The van der Waals surface area contributed by atoms with Crippen molar-refractivity contribution in [3.63, 3.8) is 0 Å². The Morgan fingerprint density at radius 2 is 1.73 bits per heavy atom. The summed E-state index contributed by atoms with van der Waals surface area (Å²) in [5, 5.41) is 24.3. The van der Waals surface area contributed by atoms with Gasteiger partial charge in [-0.15, -0.1) is 0 Å². The Kier molecular flexibility index (Phi) is 8.38. The van der Waals surface area contributed by atoms with Gasteiger partial charge in [-0.05, 0) is 30.7 Å². The molecular formula is C19H27BN2O4. The highest BCUT2D eigenvalue weighted by molar-refractivity contribution is 6.43. The van der Waals surface area contributed by atoms with E-state index in [1.807, 2.05) is 30.3 Å². The van der Waals surface area contributed by atoms with Crippen LogP contribution in [0.1, 0.15) is 37.7 Å². The standard InChI is InChI=1S/C19H27BN2O4/c23-18(21-14-16-9-5-2-6-10-16)11-12-19(24)22-17(20(25)26)13-15-7-3-1-4-8-15/h1,3-4,7-8,11-12,16-17,25-26H,2,5-6,9-10,13-14H2,(H,21,23)(H,22,24)/b12-11+/t17-/m0/s1. The number of carbonyl (C=O) groups excluding carboxylic acids is 2. The molecule has 2 amide bonds. The van der Waals surface area contributed by atoms with Gasteiger partial charge in [-0.3, -0.25) is 9.59 Å². The van der Waals surface area contributed by atoms with E-state index in [0.29, 0.717) is 12.5 Å². The summed E-state index contributed by atoms with van der Waals surface area (Å²) in [7, 11) is -1.69. The predicted molar refractivity (Wildman–Crippen MR) is 101 cm³/mol. The van der Waals surface area contributed by atoms with Gasteiger partial charge in [0.05, 0.1) is 5.94 Å². The first-order valence-corrected chi connectivity index (χ1v) is 9.21. The molecule has 1 fully saturated rings. The number of benzene rings is 1. The van der Waals surface area contributed by atoms with Gasteiger partial charge in [0, 0.05) is 18.7 Å². The van der Waals surface area contributed by atoms with E-state index < -0.39 is 19.0 Å². The van der Waals surface area contributed by atoms with Crippen molar-refractivity contribution in [1.82, 2.24) is 10.6 Å². The van der Waals surface area contributed by atoms with Gasteiger partial charge in [0.15, 0.2) is 0 Å². The molecule has 1 aliphatic rings. The minimum atomic E-state index is -1.69. The van der Waals surface area contributed by atoms with E-state index in [-0.39, 0.29) is 12.3 Å². The number of rotatable bonds is 8. The third-order valence-electron chi connectivity index (χ3n) is 4.66. The van der Waals surface area contributed by atoms with Crippen molar-refractivity contribution in [3.05, 3.63) is 48.0 Å². The third kappa shape index (κ3) is 7.41. The first kappa shape index (κ1) is 20.2. The molecule has 1 aliphatic carbocycles. The zero-order valence-electron chi connectivity index (χ0n) is 14.9. The highest BCUT2D eigenvalue weighted by Crippen LogP contribution is 2.22. The zero-order valence-corrected chi connectivity index (χ0v) is 14.9. The van der Waals surface area contributed by atoms with Crippen molar-refractivity contribution in [1.29, 1.82) is 0 Å². The second kappa shape index (κ2) is 10.8. The molecule has 4 N–H and O–H groups in total. The van der Waals surface area contributed by atoms with Crippen LogP contribution in [0, 0.1) is 5.92 Å². The molecule has 0 spiro atoms. The van der Waals surface area contributed by atoms with Crippen LogP contribution in [0.5, 0.6) is 0 Å². The molecule has 1 atom stereocenters. The van der Waals surface area contributed by atoms with Crippen LogP contribution < -0.4 is 10.6 Å². The first-order valence-electron chi connectivity index (χ1n) is 9.21. The predicted octanol–water partition coefficient (Wildman–Crippen LogP) is 0.979. The number of nitrogens with one attached hydrogen (secondary N) is 2. The maximum absolute atomic E-state index is 12.0.